The lowest BCUT2D eigenvalue weighted by molar-refractivity contribution is -0.0640. The van der Waals surface area contributed by atoms with Crippen LogP contribution in [0.5, 0.6) is 0 Å². The van der Waals surface area contributed by atoms with E-state index in [1.165, 1.54) is 0 Å². The Balaban J connectivity index is 1.23. The second-order valence-electron chi connectivity index (χ2n) is 11.2. The summed E-state index contributed by atoms with van der Waals surface area (Å²) in [5, 5.41) is 21.2. The number of hydrogen-bond donors (Lipinski definition) is 1. The monoisotopic (exact) mass is 511 g/mol. The van der Waals surface area contributed by atoms with Gasteiger partial charge >= 0.3 is 6.09 Å². The predicted molar refractivity (Wildman–Crippen MR) is 140 cm³/mol. The molecule has 194 valence electrons. The average molecular weight is 512 g/mol. The lowest BCUT2D eigenvalue weighted by Crippen LogP contribution is -2.61. The molecule has 0 spiro atoms. The molecule has 0 aromatic carbocycles. The summed E-state index contributed by atoms with van der Waals surface area (Å²) in [6.45, 7) is 7.40. The van der Waals surface area contributed by atoms with Crippen LogP contribution in [0.4, 0.5) is 10.6 Å². The summed E-state index contributed by atoms with van der Waals surface area (Å²) in [4.78, 5) is 24.1. The number of carbonyl (C=O) groups excluding carboxylic acids is 1. The quantitative estimate of drug-likeness (QED) is 0.442. The first kappa shape index (κ1) is 23.9. The molecule has 2 aliphatic heterocycles. The van der Waals surface area contributed by atoms with Crippen LogP contribution >= 0.6 is 0 Å². The third-order valence-corrected chi connectivity index (χ3v) is 7.13. The smallest absolute Gasteiger partial charge is 0.407 e. The van der Waals surface area contributed by atoms with Gasteiger partial charge in [-0.15, -0.1) is 0 Å². The lowest BCUT2D eigenvalue weighted by Gasteiger charge is -2.52. The minimum atomic E-state index is -0.350. The Labute approximate surface area is 220 Å². The van der Waals surface area contributed by atoms with Gasteiger partial charge in [-0.2, -0.15) is 15.5 Å². The normalized spacial score (nSPS) is 20.6. The summed E-state index contributed by atoms with van der Waals surface area (Å²) in [5.41, 5.74) is 3.76. The number of fused-ring (bicyclic) bond motifs is 3. The molecular weight excluding hydrogens is 482 g/mol. The first-order valence-corrected chi connectivity index (χ1v) is 12.7. The molecule has 2 saturated heterocycles. The third kappa shape index (κ3) is 4.32. The van der Waals surface area contributed by atoms with Crippen molar-refractivity contribution in [2.24, 2.45) is 18.9 Å². The molecule has 1 aliphatic carbocycles. The van der Waals surface area contributed by atoms with Crippen molar-refractivity contribution in [1.82, 2.24) is 34.7 Å². The van der Waals surface area contributed by atoms with Gasteiger partial charge in [0.1, 0.15) is 29.1 Å². The van der Waals surface area contributed by atoms with E-state index in [-0.39, 0.29) is 17.7 Å². The maximum atomic E-state index is 12.3. The molecule has 7 rings (SSSR count). The average Bonchev–Trinajstić information content (AvgIpc) is 3.52. The molecule has 0 radical (unpaired) electrons. The van der Waals surface area contributed by atoms with Crippen LogP contribution < -0.4 is 10.2 Å². The van der Waals surface area contributed by atoms with Gasteiger partial charge in [-0.3, -0.25) is 4.68 Å². The van der Waals surface area contributed by atoms with E-state index in [1.807, 2.05) is 46.1 Å². The lowest BCUT2D eigenvalue weighted by atomic mass is 9.68. The number of nitrogens with zero attached hydrogens (tertiary/aromatic N) is 8. The van der Waals surface area contributed by atoms with Crippen molar-refractivity contribution in [3.63, 3.8) is 0 Å². The van der Waals surface area contributed by atoms with Crippen molar-refractivity contribution in [2.75, 3.05) is 18.0 Å². The fourth-order valence-electron chi connectivity index (χ4n) is 5.39. The number of aryl methyl sites for hydroxylation is 1. The number of amides is 1. The van der Waals surface area contributed by atoms with Crippen molar-refractivity contribution in [3.05, 3.63) is 48.7 Å². The number of ether oxygens (including phenoxy) is 1. The fraction of sp³-hybridized carbons (Fsp3) is 0.407. The van der Waals surface area contributed by atoms with Crippen molar-refractivity contribution in [2.45, 2.75) is 38.8 Å². The molecule has 11 heteroatoms. The zero-order valence-electron chi connectivity index (χ0n) is 21.8. The Kier molecular flexibility index (Phi) is 5.56. The standard InChI is InChI=1S/C27H29N9O2/c1-27(2,3)33-26(37)38-25-17-7-18(25)14-35(13-17)22-6-5-16(9-29-22)23-24-19(8-28)10-31-36(24)15-21(32-23)20-11-30-34(4)12-20/h5-6,9-12,15,17-18,25H,7,13-14H2,1-4H3,(H,33,37). The van der Waals surface area contributed by atoms with Crippen molar-refractivity contribution in [3.8, 4) is 28.6 Å². The molecule has 1 saturated carbocycles. The van der Waals surface area contributed by atoms with Crippen LogP contribution in [0.15, 0.2) is 43.1 Å². The van der Waals surface area contributed by atoms with Crippen molar-refractivity contribution >= 4 is 17.4 Å². The van der Waals surface area contributed by atoms with Crippen molar-refractivity contribution in [1.29, 1.82) is 5.26 Å². The summed E-state index contributed by atoms with van der Waals surface area (Å²) in [5.74, 6) is 1.46. The Hall–Kier alpha value is -4.46. The van der Waals surface area contributed by atoms with E-state index in [9.17, 15) is 10.1 Å². The van der Waals surface area contributed by atoms with Gasteiger partial charge in [0.05, 0.1) is 30.0 Å². The van der Waals surface area contributed by atoms with E-state index >= 15 is 0 Å². The topological polar surface area (TPSA) is 126 Å². The molecule has 4 aromatic rings. The predicted octanol–water partition coefficient (Wildman–Crippen LogP) is 3.41. The van der Waals surface area contributed by atoms with Crippen LogP contribution in [0, 0.1) is 23.2 Å². The van der Waals surface area contributed by atoms with Crippen molar-refractivity contribution < 1.29 is 9.53 Å². The molecule has 38 heavy (non-hydrogen) atoms. The number of anilines is 1. The highest BCUT2D eigenvalue weighted by atomic mass is 16.6. The minimum absolute atomic E-state index is 0.0492. The highest BCUT2D eigenvalue weighted by Crippen LogP contribution is 2.43. The number of nitrogens with one attached hydrogen (secondary N) is 1. The Morgan fingerprint density at radius 1 is 1.11 bits per heavy atom. The van der Waals surface area contributed by atoms with Gasteiger partial charge in [0.15, 0.2) is 0 Å². The van der Waals surface area contributed by atoms with E-state index in [0.29, 0.717) is 34.3 Å². The number of carbonyl (C=O) groups is 1. The van der Waals surface area contributed by atoms with Gasteiger partial charge in [0, 0.05) is 61.0 Å². The molecule has 2 unspecified atom stereocenters. The third-order valence-electron chi connectivity index (χ3n) is 7.13. The van der Waals surface area contributed by atoms with E-state index < -0.39 is 0 Å². The van der Waals surface area contributed by atoms with E-state index in [0.717, 1.165) is 36.5 Å². The summed E-state index contributed by atoms with van der Waals surface area (Å²) < 4.78 is 9.15. The molecule has 6 heterocycles. The van der Waals surface area contributed by atoms with Gasteiger partial charge in [0.25, 0.3) is 0 Å². The number of nitriles is 1. The van der Waals surface area contributed by atoms with Crippen LogP contribution in [0.2, 0.25) is 0 Å². The van der Waals surface area contributed by atoms with Gasteiger partial charge in [-0.05, 0) is 39.3 Å². The zero-order chi connectivity index (χ0) is 26.6. The largest absolute Gasteiger partial charge is 0.446 e. The molecular formula is C27H29N9O2. The van der Waals surface area contributed by atoms with Gasteiger partial charge < -0.3 is 15.0 Å². The fourth-order valence-corrected chi connectivity index (χ4v) is 5.39. The van der Waals surface area contributed by atoms with E-state index in [2.05, 4.69) is 26.5 Å². The summed E-state index contributed by atoms with van der Waals surface area (Å²) in [7, 11) is 1.85. The molecule has 1 N–H and O–H groups in total. The first-order chi connectivity index (χ1) is 18.2. The maximum Gasteiger partial charge on any atom is 0.407 e. The Bertz CT molecular complexity index is 1550. The molecule has 11 nitrogen and oxygen atoms in total. The number of hydrogen-bond acceptors (Lipinski definition) is 8. The molecule has 2 atom stereocenters. The minimum Gasteiger partial charge on any atom is -0.446 e. The van der Waals surface area contributed by atoms with Crippen LogP contribution in [-0.2, 0) is 11.8 Å². The number of alkyl carbamates (subject to hydrolysis) is 1. The second-order valence-corrected chi connectivity index (χ2v) is 11.2. The van der Waals surface area contributed by atoms with Gasteiger partial charge in [-0.1, -0.05) is 0 Å². The van der Waals surface area contributed by atoms with Gasteiger partial charge in [-0.25, -0.2) is 19.3 Å². The molecule has 3 aliphatic rings. The summed E-state index contributed by atoms with van der Waals surface area (Å²) in [6, 6.07) is 6.19. The van der Waals surface area contributed by atoms with Crippen LogP contribution in [0.25, 0.3) is 28.0 Å². The number of aromatic nitrogens is 6. The first-order valence-electron chi connectivity index (χ1n) is 12.7. The number of pyridine rings is 1. The number of piperidine rings is 2. The van der Waals surface area contributed by atoms with Crippen LogP contribution in [0.3, 0.4) is 0 Å². The van der Waals surface area contributed by atoms with E-state index in [1.54, 1.807) is 34.0 Å². The Morgan fingerprint density at radius 2 is 1.89 bits per heavy atom. The second kappa shape index (κ2) is 8.83. The highest BCUT2D eigenvalue weighted by Gasteiger charge is 2.49. The summed E-state index contributed by atoms with van der Waals surface area (Å²) >= 11 is 0. The molecule has 2 bridgehead atoms. The molecule has 1 amide bonds. The number of rotatable bonds is 4. The molecule has 3 fully saturated rings. The Morgan fingerprint density at radius 3 is 2.53 bits per heavy atom. The zero-order valence-corrected chi connectivity index (χ0v) is 21.8. The van der Waals surface area contributed by atoms with Gasteiger partial charge in [0.2, 0.25) is 0 Å². The molecule has 4 aromatic heterocycles. The summed E-state index contributed by atoms with van der Waals surface area (Å²) in [6.07, 6.45) is 9.45. The highest BCUT2D eigenvalue weighted by molar-refractivity contribution is 5.83. The van der Waals surface area contributed by atoms with Crippen LogP contribution in [-0.4, -0.2) is 60.2 Å². The SMILES string of the molecule is Cn1cc(-c2cn3ncc(C#N)c3c(-c3ccc(N4CC5CC(C4)C5OC(=O)NC(C)(C)C)nc3)n2)cn1. The van der Waals surface area contributed by atoms with Crippen LogP contribution in [0.1, 0.15) is 32.8 Å². The van der Waals surface area contributed by atoms with E-state index in [4.69, 9.17) is 14.7 Å². The maximum absolute atomic E-state index is 12.3.